The Morgan fingerprint density at radius 2 is 2.13 bits per heavy atom. The maximum Gasteiger partial charge on any atom is 0.226 e. The van der Waals surface area contributed by atoms with Crippen LogP contribution in [0.4, 0.5) is 11.6 Å². The molecule has 3 aromatic rings. The number of allylic oxidation sites excluding steroid dienone is 4. The number of anilines is 2. The maximum absolute atomic E-state index is 11.7. The number of aromatic nitrogens is 5. The van der Waals surface area contributed by atoms with E-state index >= 15 is 0 Å². The number of fused-ring (bicyclic) bond motifs is 1. The quantitative estimate of drug-likeness (QED) is 0.391. The van der Waals surface area contributed by atoms with Crippen molar-refractivity contribution >= 4 is 34.0 Å². The SMILES string of the molecule is CC(C)CC(=O)NCCOC1=CC=C(c2nnc(Nc3ccc4[nH]ncc4c3)[nH]2)CC1. The van der Waals surface area contributed by atoms with Gasteiger partial charge in [-0.2, -0.15) is 5.10 Å². The van der Waals surface area contributed by atoms with Gasteiger partial charge in [0.15, 0.2) is 5.82 Å². The normalized spacial score (nSPS) is 13.8. The Morgan fingerprint density at radius 1 is 1.23 bits per heavy atom. The fourth-order valence-electron chi connectivity index (χ4n) is 3.37. The van der Waals surface area contributed by atoms with Crippen LogP contribution in [0.5, 0.6) is 0 Å². The van der Waals surface area contributed by atoms with Gasteiger partial charge in [-0.15, -0.1) is 10.2 Å². The Labute approximate surface area is 180 Å². The number of nitrogens with zero attached hydrogens (tertiary/aromatic N) is 3. The molecule has 4 rings (SSSR count). The molecule has 31 heavy (non-hydrogen) atoms. The fraction of sp³-hybridized carbons (Fsp3) is 0.364. The van der Waals surface area contributed by atoms with Crippen LogP contribution in [-0.4, -0.2) is 44.4 Å². The van der Waals surface area contributed by atoms with Crippen LogP contribution in [0.1, 0.15) is 38.9 Å². The second-order valence-electron chi connectivity index (χ2n) is 7.94. The number of benzene rings is 1. The second-order valence-corrected chi connectivity index (χ2v) is 7.94. The van der Waals surface area contributed by atoms with Gasteiger partial charge in [0.2, 0.25) is 11.9 Å². The van der Waals surface area contributed by atoms with E-state index in [-0.39, 0.29) is 5.91 Å². The molecule has 2 aromatic heterocycles. The maximum atomic E-state index is 11.7. The average Bonchev–Trinajstić information content (AvgIpc) is 3.40. The molecule has 0 bridgehead atoms. The van der Waals surface area contributed by atoms with Gasteiger partial charge in [-0.1, -0.05) is 19.9 Å². The van der Waals surface area contributed by atoms with E-state index in [9.17, 15) is 4.79 Å². The molecule has 0 unspecified atom stereocenters. The Hall–Kier alpha value is -3.62. The van der Waals surface area contributed by atoms with Gasteiger partial charge in [-0.25, -0.2) is 0 Å². The fourth-order valence-corrected chi connectivity index (χ4v) is 3.37. The minimum Gasteiger partial charge on any atom is -0.496 e. The molecule has 2 heterocycles. The summed E-state index contributed by atoms with van der Waals surface area (Å²) in [5.41, 5.74) is 2.97. The van der Waals surface area contributed by atoms with Crippen LogP contribution in [0.15, 0.2) is 42.3 Å². The van der Waals surface area contributed by atoms with Gasteiger partial charge in [0, 0.05) is 23.9 Å². The number of hydrogen-bond donors (Lipinski definition) is 4. The molecule has 0 fully saturated rings. The van der Waals surface area contributed by atoms with Gasteiger partial charge in [-0.3, -0.25) is 9.89 Å². The molecule has 4 N–H and O–H groups in total. The lowest BCUT2D eigenvalue weighted by Crippen LogP contribution is -2.28. The van der Waals surface area contributed by atoms with Gasteiger partial charge in [0.25, 0.3) is 0 Å². The van der Waals surface area contributed by atoms with E-state index in [0.29, 0.717) is 31.4 Å². The lowest BCUT2D eigenvalue weighted by molar-refractivity contribution is -0.121. The molecular formula is C22H27N7O2. The lowest BCUT2D eigenvalue weighted by Gasteiger charge is -2.15. The summed E-state index contributed by atoms with van der Waals surface area (Å²) in [6, 6.07) is 5.92. The van der Waals surface area contributed by atoms with Crippen LogP contribution in [0.3, 0.4) is 0 Å². The van der Waals surface area contributed by atoms with Crippen LogP contribution in [0, 0.1) is 5.92 Å². The number of aromatic amines is 2. The van der Waals surface area contributed by atoms with E-state index in [1.807, 2.05) is 44.2 Å². The predicted octanol–water partition coefficient (Wildman–Crippen LogP) is 3.66. The van der Waals surface area contributed by atoms with Crippen molar-refractivity contribution in [1.82, 2.24) is 30.7 Å². The smallest absolute Gasteiger partial charge is 0.226 e. The molecule has 0 saturated heterocycles. The van der Waals surface area contributed by atoms with Crippen LogP contribution in [0.2, 0.25) is 0 Å². The van der Waals surface area contributed by atoms with E-state index in [2.05, 4.69) is 36.0 Å². The zero-order valence-electron chi connectivity index (χ0n) is 17.7. The predicted molar refractivity (Wildman–Crippen MR) is 119 cm³/mol. The van der Waals surface area contributed by atoms with Gasteiger partial charge in [-0.05, 0) is 42.2 Å². The third-order valence-corrected chi connectivity index (χ3v) is 4.91. The number of hydrogen-bond acceptors (Lipinski definition) is 6. The number of carbonyl (C=O) groups excluding carboxylic acids is 1. The van der Waals surface area contributed by atoms with Gasteiger partial charge in [0.1, 0.15) is 6.61 Å². The number of amides is 1. The first-order valence-corrected chi connectivity index (χ1v) is 10.5. The first-order chi connectivity index (χ1) is 15.1. The van der Waals surface area contributed by atoms with Gasteiger partial charge < -0.3 is 20.4 Å². The van der Waals surface area contributed by atoms with Crippen LogP contribution < -0.4 is 10.6 Å². The van der Waals surface area contributed by atoms with Crippen molar-refractivity contribution in [3.05, 3.63) is 48.1 Å². The van der Waals surface area contributed by atoms with Gasteiger partial charge in [0.05, 0.1) is 24.0 Å². The molecule has 9 nitrogen and oxygen atoms in total. The van der Waals surface area contributed by atoms with Crippen molar-refractivity contribution in [3.63, 3.8) is 0 Å². The van der Waals surface area contributed by atoms with Crippen molar-refractivity contribution in [2.24, 2.45) is 5.92 Å². The first-order valence-electron chi connectivity index (χ1n) is 10.5. The highest BCUT2D eigenvalue weighted by Gasteiger charge is 2.13. The molecule has 162 valence electrons. The Morgan fingerprint density at radius 3 is 2.94 bits per heavy atom. The summed E-state index contributed by atoms with van der Waals surface area (Å²) in [7, 11) is 0. The van der Waals surface area contributed by atoms with Crippen molar-refractivity contribution in [3.8, 4) is 0 Å². The van der Waals surface area contributed by atoms with E-state index in [0.717, 1.165) is 46.6 Å². The summed E-state index contributed by atoms with van der Waals surface area (Å²) < 4.78 is 5.77. The molecule has 1 aromatic carbocycles. The number of rotatable bonds is 9. The highest BCUT2D eigenvalue weighted by molar-refractivity contribution is 5.82. The molecule has 9 heteroatoms. The Kier molecular flexibility index (Phi) is 6.30. The van der Waals surface area contributed by atoms with Crippen molar-refractivity contribution in [2.45, 2.75) is 33.1 Å². The molecule has 0 radical (unpaired) electrons. The highest BCUT2D eigenvalue weighted by Crippen LogP contribution is 2.26. The van der Waals surface area contributed by atoms with Crippen LogP contribution >= 0.6 is 0 Å². The summed E-state index contributed by atoms with van der Waals surface area (Å²) in [5, 5.41) is 22.6. The largest absolute Gasteiger partial charge is 0.496 e. The summed E-state index contributed by atoms with van der Waals surface area (Å²) in [6.45, 7) is 5.04. The third-order valence-electron chi connectivity index (χ3n) is 4.91. The molecule has 1 amide bonds. The Bertz CT molecular complexity index is 1110. The zero-order valence-corrected chi connectivity index (χ0v) is 17.7. The summed E-state index contributed by atoms with van der Waals surface area (Å²) in [4.78, 5) is 14.9. The Balaban J connectivity index is 1.28. The van der Waals surface area contributed by atoms with Crippen LogP contribution in [0.25, 0.3) is 16.5 Å². The van der Waals surface area contributed by atoms with Crippen molar-refractivity contribution < 1.29 is 9.53 Å². The standard InChI is InChI=1S/C22H27N7O2/c1-14(2)11-20(30)23-9-10-31-18-6-3-15(4-7-18)21-26-22(29-28-21)25-17-5-8-19-16(12-17)13-24-27-19/h3,5-6,8,12-14H,4,7,9-11H2,1-2H3,(H,23,30)(H,24,27)(H2,25,26,28,29). The average molecular weight is 422 g/mol. The molecular weight excluding hydrogens is 394 g/mol. The minimum absolute atomic E-state index is 0.0674. The molecule has 0 spiro atoms. The number of nitrogens with one attached hydrogen (secondary N) is 4. The van der Waals surface area contributed by atoms with Crippen molar-refractivity contribution in [2.75, 3.05) is 18.5 Å². The number of H-pyrrole nitrogens is 2. The molecule has 0 aliphatic heterocycles. The van der Waals surface area contributed by atoms with Crippen molar-refractivity contribution in [1.29, 1.82) is 0 Å². The lowest BCUT2D eigenvalue weighted by atomic mass is 10.0. The van der Waals surface area contributed by atoms with E-state index in [1.54, 1.807) is 6.20 Å². The number of carbonyl (C=O) groups is 1. The van der Waals surface area contributed by atoms with Gasteiger partial charge >= 0.3 is 0 Å². The molecule has 0 atom stereocenters. The highest BCUT2D eigenvalue weighted by atomic mass is 16.5. The summed E-state index contributed by atoms with van der Waals surface area (Å²) >= 11 is 0. The molecule has 0 saturated carbocycles. The third kappa shape index (κ3) is 5.50. The zero-order chi connectivity index (χ0) is 21.6. The minimum atomic E-state index is 0.0674. The second kappa shape index (κ2) is 9.46. The van der Waals surface area contributed by atoms with E-state index in [4.69, 9.17) is 4.74 Å². The first kappa shape index (κ1) is 20.6. The molecule has 1 aliphatic rings. The summed E-state index contributed by atoms with van der Waals surface area (Å²) in [5.74, 6) is 2.66. The van der Waals surface area contributed by atoms with E-state index in [1.165, 1.54) is 0 Å². The topological polar surface area (TPSA) is 121 Å². The molecule has 1 aliphatic carbocycles. The van der Waals surface area contributed by atoms with Crippen LogP contribution in [-0.2, 0) is 9.53 Å². The van der Waals surface area contributed by atoms with E-state index < -0.39 is 0 Å². The summed E-state index contributed by atoms with van der Waals surface area (Å²) in [6.07, 6.45) is 7.87. The number of ether oxygens (including phenoxy) is 1. The monoisotopic (exact) mass is 421 g/mol.